The fourth-order valence-electron chi connectivity index (χ4n) is 1.73. The lowest BCUT2D eigenvalue weighted by Crippen LogP contribution is -2.24. The van der Waals surface area contributed by atoms with Gasteiger partial charge in [0, 0.05) is 13.6 Å². The molecule has 0 aliphatic rings. The second kappa shape index (κ2) is 5.73. The van der Waals surface area contributed by atoms with Crippen molar-refractivity contribution in [2.45, 2.75) is 18.4 Å². The van der Waals surface area contributed by atoms with Gasteiger partial charge >= 0.3 is 0 Å². The van der Waals surface area contributed by atoms with Crippen LogP contribution in [0.3, 0.4) is 0 Å². The van der Waals surface area contributed by atoms with Gasteiger partial charge in [0.25, 0.3) is 0 Å². The van der Waals surface area contributed by atoms with Gasteiger partial charge in [-0.25, -0.2) is 13.1 Å². The van der Waals surface area contributed by atoms with Crippen LogP contribution in [0, 0.1) is 6.92 Å². The van der Waals surface area contributed by atoms with Gasteiger partial charge in [0.05, 0.1) is 5.69 Å². The van der Waals surface area contributed by atoms with Crippen LogP contribution in [0.25, 0.3) is 0 Å². The quantitative estimate of drug-likeness (QED) is 0.891. The van der Waals surface area contributed by atoms with E-state index in [0.717, 1.165) is 11.1 Å². The molecule has 0 unspecified atom stereocenters. The number of aryl methyl sites for hydroxylation is 1. The molecule has 102 valence electrons. The smallest absolute Gasteiger partial charge is 0.242 e. The summed E-state index contributed by atoms with van der Waals surface area (Å²) in [6.45, 7) is 2.29. The molecule has 0 atom stereocenters. The molecule has 1 heterocycles. The number of sulfonamides is 1. The van der Waals surface area contributed by atoms with Crippen molar-refractivity contribution in [3.63, 3.8) is 0 Å². The van der Waals surface area contributed by atoms with E-state index in [-0.39, 0.29) is 4.90 Å². The van der Waals surface area contributed by atoms with Crippen molar-refractivity contribution in [2.24, 2.45) is 0 Å². The summed E-state index contributed by atoms with van der Waals surface area (Å²) in [5.74, 6) is 0. The van der Waals surface area contributed by atoms with Gasteiger partial charge < -0.3 is 5.32 Å². The van der Waals surface area contributed by atoms with Crippen LogP contribution in [-0.4, -0.2) is 15.5 Å². The maximum absolute atomic E-state index is 12.3. The zero-order valence-electron chi connectivity index (χ0n) is 10.8. The summed E-state index contributed by atoms with van der Waals surface area (Å²) in [6, 6.07) is 6.85. The number of hydrogen-bond donors (Lipinski definition) is 2. The Bertz CT molecular complexity index is 663. The van der Waals surface area contributed by atoms with Gasteiger partial charge in [-0.05, 0) is 40.9 Å². The first-order chi connectivity index (χ1) is 9.04. The van der Waals surface area contributed by atoms with Gasteiger partial charge in [-0.1, -0.05) is 12.1 Å². The molecule has 0 radical (unpaired) electrons. The second-order valence-corrected chi connectivity index (χ2v) is 6.63. The molecule has 6 heteroatoms. The highest BCUT2D eigenvalue weighted by Crippen LogP contribution is 2.21. The SMILES string of the molecule is CNc1ccccc1S(=O)(=O)NCc1cscc1C. The number of rotatable bonds is 5. The molecular weight excluding hydrogens is 280 g/mol. The lowest BCUT2D eigenvalue weighted by molar-refractivity contribution is 0.581. The fraction of sp³-hybridized carbons (Fsp3) is 0.231. The van der Waals surface area contributed by atoms with E-state index in [2.05, 4.69) is 10.0 Å². The molecule has 0 aliphatic heterocycles. The van der Waals surface area contributed by atoms with Gasteiger partial charge in [-0.2, -0.15) is 11.3 Å². The molecule has 0 bridgehead atoms. The van der Waals surface area contributed by atoms with Gasteiger partial charge in [0.15, 0.2) is 0 Å². The highest BCUT2D eigenvalue weighted by molar-refractivity contribution is 7.89. The van der Waals surface area contributed by atoms with Crippen LogP contribution < -0.4 is 10.0 Å². The number of para-hydroxylation sites is 1. The number of anilines is 1. The van der Waals surface area contributed by atoms with Crippen LogP contribution in [0.2, 0.25) is 0 Å². The van der Waals surface area contributed by atoms with Crippen LogP contribution >= 0.6 is 11.3 Å². The molecule has 1 aromatic carbocycles. The zero-order valence-corrected chi connectivity index (χ0v) is 12.4. The Labute approximate surface area is 117 Å². The van der Waals surface area contributed by atoms with E-state index in [1.165, 1.54) is 0 Å². The third-order valence-electron chi connectivity index (χ3n) is 2.86. The molecule has 2 aromatic rings. The number of hydrogen-bond acceptors (Lipinski definition) is 4. The molecule has 0 fully saturated rings. The van der Waals surface area contributed by atoms with Crippen molar-refractivity contribution in [1.82, 2.24) is 4.72 Å². The van der Waals surface area contributed by atoms with Gasteiger partial charge in [0.1, 0.15) is 4.90 Å². The van der Waals surface area contributed by atoms with E-state index in [0.29, 0.717) is 12.2 Å². The van der Waals surface area contributed by atoms with Gasteiger partial charge in [-0.15, -0.1) is 0 Å². The first kappa shape index (κ1) is 14.0. The number of thiophene rings is 1. The summed E-state index contributed by atoms with van der Waals surface area (Å²) >= 11 is 1.57. The van der Waals surface area contributed by atoms with Crippen molar-refractivity contribution in [3.8, 4) is 0 Å². The lowest BCUT2D eigenvalue weighted by Gasteiger charge is -2.10. The average Bonchev–Trinajstić information content (AvgIpc) is 2.82. The Morgan fingerprint density at radius 2 is 1.95 bits per heavy atom. The van der Waals surface area contributed by atoms with Crippen LogP contribution in [-0.2, 0) is 16.6 Å². The van der Waals surface area contributed by atoms with Crippen molar-refractivity contribution in [1.29, 1.82) is 0 Å². The molecule has 1 aromatic heterocycles. The third-order valence-corrected chi connectivity index (χ3v) is 5.23. The predicted octanol–water partition coefficient (Wildman–Crippen LogP) is 2.58. The van der Waals surface area contributed by atoms with Gasteiger partial charge in [-0.3, -0.25) is 0 Å². The van der Waals surface area contributed by atoms with Crippen LogP contribution in [0.5, 0.6) is 0 Å². The predicted molar refractivity (Wildman–Crippen MR) is 79.1 cm³/mol. The van der Waals surface area contributed by atoms with Gasteiger partial charge in [0.2, 0.25) is 10.0 Å². The Morgan fingerprint density at radius 1 is 1.21 bits per heavy atom. The first-order valence-electron chi connectivity index (χ1n) is 5.82. The maximum Gasteiger partial charge on any atom is 0.242 e. The average molecular weight is 296 g/mol. The third kappa shape index (κ3) is 3.15. The lowest BCUT2D eigenvalue weighted by atomic mass is 10.2. The topological polar surface area (TPSA) is 58.2 Å². The zero-order chi connectivity index (χ0) is 13.9. The summed E-state index contributed by atoms with van der Waals surface area (Å²) in [7, 11) is -1.80. The maximum atomic E-state index is 12.3. The Balaban J connectivity index is 2.21. The molecular formula is C13H16N2O2S2. The molecule has 0 spiro atoms. The Hall–Kier alpha value is -1.37. The minimum absolute atomic E-state index is 0.269. The van der Waals surface area contributed by atoms with Crippen molar-refractivity contribution >= 4 is 27.0 Å². The molecule has 19 heavy (non-hydrogen) atoms. The van der Waals surface area contributed by atoms with Crippen LogP contribution in [0.4, 0.5) is 5.69 Å². The first-order valence-corrected chi connectivity index (χ1v) is 8.25. The monoisotopic (exact) mass is 296 g/mol. The van der Waals surface area contributed by atoms with E-state index in [1.807, 2.05) is 17.7 Å². The number of nitrogens with one attached hydrogen (secondary N) is 2. The second-order valence-electron chi connectivity index (χ2n) is 4.15. The Morgan fingerprint density at radius 3 is 2.58 bits per heavy atom. The van der Waals surface area contributed by atoms with Crippen LogP contribution in [0.15, 0.2) is 39.9 Å². The highest BCUT2D eigenvalue weighted by Gasteiger charge is 2.17. The van der Waals surface area contributed by atoms with E-state index >= 15 is 0 Å². The molecule has 4 nitrogen and oxygen atoms in total. The largest absolute Gasteiger partial charge is 0.387 e. The minimum Gasteiger partial charge on any atom is -0.387 e. The summed E-state index contributed by atoms with van der Waals surface area (Å²) in [5, 5.41) is 6.85. The van der Waals surface area contributed by atoms with E-state index in [4.69, 9.17) is 0 Å². The van der Waals surface area contributed by atoms with Crippen molar-refractivity contribution in [2.75, 3.05) is 12.4 Å². The molecule has 0 saturated carbocycles. The van der Waals surface area contributed by atoms with E-state index in [1.54, 1.807) is 42.6 Å². The highest BCUT2D eigenvalue weighted by atomic mass is 32.2. The molecule has 2 N–H and O–H groups in total. The summed E-state index contributed by atoms with van der Waals surface area (Å²) < 4.78 is 27.2. The van der Waals surface area contributed by atoms with Crippen molar-refractivity contribution in [3.05, 3.63) is 46.2 Å². The van der Waals surface area contributed by atoms with Crippen LogP contribution in [0.1, 0.15) is 11.1 Å². The molecule has 0 saturated heterocycles. The summed E-state index contributed by atoms with van der Waals surface area (Å²) in [4.78, 5) is 0.269. The minimum atomic E-state index is -3.50. The Kier molecular flexibility index (Phi) is 4.24. The fourth-order valence-corrected chi connectivity index (χ4v) is 3.80. The molecule has 2 rings (SSSR count). The molecule has 0 amide bonds. The van der Waals surface area contributed by atoms with E-state index < -0.39 is 10.0 Å². The van der Waals surface area contributed by atoms with Crippen molar-refractivity contribution < 1.29 is 8.42 Å². The normalized spacial score (nSPS) is 11.5. The van der Waals surface area contributed by atoms with E-state index in [9.17, 15) is 8.42 Å². The molecule has 0 aliphatic carbocycles. The standard InChI is InChI=1S/C13H16N2O2S2/c1-10-8-18-9-11(10)7-15-19(16,17)13-6-4-3-5-12(13)14-2/h3-6,8-9,14-15H,7H2,1-2H3. The number of benzene rings is 1. The summed E-state index contributed by atoms with van der Waals surface area (Å²) in [5.41, 5.74) is 2.71. The summed E-state index contributed by atoms with van der Waals surface area (Å²) in [6.07, 6.45) is 0.